The lowest BCUT2D eigenvalue weighted by Gasteiger charge is -2.14. The molecule has 4 nitrogen and oxygen atoms in total. The minimum Gasteiger partial charge on any atom is -0.481 e. The minimum atomic E-state index is -1.08. The fourth-order valence-corrected chi connectivity index (χ4v) is 1.19. The Morgan fingerprint density at radius 2 is 2.18 bits per heavy atom. The predicted molar refractivity (Wildman–Crippen MR) is 64.7 cm³/mol. The van der Waals surface area contributed by atoms with Gasteiger partial charge in [0, 0.05) is 20.2 Å². The molecule has 6 heteroatoms. The number of hydrogen-bond donors (Lipinski definition) is 1. The van der Waals surface area contributed by atoms with Gasteiger partial charge in [-0.15, -0.1) is 0 Å². The number of rotatable bonds is 3. The van der Waals surface area contributed by atoms with E-state index in [1.54, 1.807) is 19.0 Å². The lowest BCUT2D eigenvalue weighted by Crippen LogP contribution is -2.25. The molecule has 0 radical (unpaired) electrons. The number of nitrogens with zero attached hydrogens (tertiary/aromatic N) is 1. The lowest BCUT2D eigenvalue weighted by molar-refractivity contribution is -0.136. The van der Waals surface area contributed by atoms with Crippen molar-refractivity contribution in [1.82, 2.24) is 4.90 Å². The van der Waals surface area contributed by atoms with Crippen molar-refractivity contribution in [3.05, 3.63) is 29.6 Å². The Labute approximate surface area is 104 Å². The van der Waals surface area contributed by atoms with E-state index < -0.39 is 11.8 Å². The van der Waals surface area contributed by atoms with Gasteiger partial charge in [-0.05, 0) is 23.8 Å². The average Bonchev–Trinajstić information content (AvgIpc) is 2.21. The number of halogens is 1. The Kier molecular flexibility index (Phi) is 4.39. The summed E-state index contributed by atoms with van der Waals surface area (Å²) in [7, 11) is 3.41. The summed E-state index contributed by atoms with van der Waals surface area (Å²) in [6.07, 6.45) is -0.357. The first kappa shape index (κ1) is 13.4. The van der Waals surface area contributed by atoms with Gasteiger partial charge in [0.2, 0.25) is 0 Å². The van der Waals surface area contributed by atoms with E-state index in [-0.39, 0.29) is 22.9 Å². The number of hydrogen-bond acceptors (Lipinski definition) is 3. The average molecular weight is 257 g/mol. The van der Waals surface area contributed by atoms with Crippen molar-refractivity contribution in [2.75, 3.05) is 14.1 Å². The molecule has 0 unspecified atom stereocenters. The van der Waals surface area contributed by atoms with Crippen LogP contribution in [0.25, 0.3) is 0 Å². The zero-order valence-corrected chi connectivity index (χ0v) is 10.3. The maximum absolute atomic E-state index is 13.5. The third-order valence-corrected chi connectivity index (χ3v) is 2.38. The SMILES string of the molecule is CN(C)C(=S)Oc1ccc(CC(=O)O)c(F)c1. The van der Waals surface area contributed by atoms with Crippen molar-refractivity contribution in [2.45, 2.75) is 6.42 Å². The molecule has 1 aromatic rings. The van der Waals surface area contributed by atoms with Crippen LogP contribution in [-0.2, 0) is 11.2 Å². The van der Waals surface area contributed by atoms with E-state index in [0.29, 0.717) is 0 Å². The van der Waals surface area contributed by atoms with E-state index in [9.17, 15) is 9.18 Å². The van der Waals surface area contributed by atoms with Crippen LogP contribution in [-0.4, -0.2) is 35.2 Å². The Hall–Kier alpha value is -1.69. The maximum Gasteiger partial charge on any atom is 0.307 e. The standard InChI is InChI=1S/C11H12FNO3S/c1-13(2)11(17)16-8-4-3-7(5-10(14)15)9(12)6-8/h3-4,6H,5H2,1-2H3,(H,14,15). The molecular weight excluding hydrogens is 245 g/mol. The maximum atomic E-state index is 13.5. The van der Waals surface area contributed by atoms with Gasteiger partial charge >= 0.3 is 5.97 Å². The molecule has 0 fully saturated rings. The Balaban J connectivity index is 2.82. The first-order valence-electron chi connectivity index (χ1n) is 4.79. The van der Waals surface area contributed by atoms with Crippen molar-refractivity contribution >= 4 is 23.4 Å². The highest BCUT2D eigenvalue weighted by atomic mass is 32.1. The molecule has 0 aliphatic rings. The van der Waals surface area contributed by atoms with Crippen LogP contribution in [0, 0.1) is 5.82 Å². The molecular formula is C11H12FNO3S. The third-order valence-electron chi connectivity index (χ3n) is 1.94. The second-order valence-corrected chi connectivity index (χ2v) is 3.94. The van der Waals surface area contributed by atoms with Gasteiger partial charge in [-0.2, -0.15) is 0 Å². The smallest absolute Gasteiger partial charge is 0.307 e. The largest absolute Gasteiger partial charge is 0.481 e. The molecule has 0 aliphatic heterocycles. The van der Waals surface area contributed by atoms with Gasteiger partial charge in [-0.3, -0.25) is 4.79 Å². The zero-order chi connectivity index (χ0) is 13.0. The van der Waals surface area contributed by atoms with Gasteiger partial charge in [-0.1, -0.05) is 6.07 Å². The van der Waals surface area contributed by atoms with Crippen LogP contribution in [0.1, 0.15) is 5.56 Å². The molecule has 0 amide bonds. The number of carboxylic acids is 1. The molecule has 0 heterocycles. The van der Waals surface area contributed by atoms with Gasteiger partial charge in [0.15, 0.2) is 0 Å². The van der Waals surface area contributed by atoms with Crippen LogP contribution >= 0.6 is 12.2 Å². The predicted octanol–water partition coefficient (Wildman–Crippen LogP) is 1.68. The fourth-order valence-electron chi connectivity index (χ4n) is 1.09. The highest BCUT2D eigenvalue weighted by molar-refractivity contribution is 7.80. The van der Waals surface area contributed by atoms with Crippen LogP contribution in [0.3, 0.4) is 0 Å². The summed E-state index contributed by atoms with van der Waals surface area (Å²) in [6.45, 7) is 0. The number of thiocarbonyl (C=S) groups is 1. The molecule has 0 bridgehead atoms. The molecule has 0 saturated heterocycles. The molecule has 0 saturated carbocycles. The summed E-state index contributed by atoms with van der Waals surface area (Å²) in [4.78, 5) is 12.0. The molecule has 0 atom stereocenters. The summed E-state index contributed by atoms with van der Waals surface area (Å²) < 4.78 is 18.6. The molecule has 1 aromatic carbocycles. The van der Waals surface area contributed by atoms with Crippen molar-refractivity contribution in [3.63, 3.8) is 0 Å². The minimum absolute atomic E-state index is 0.112. The van der Waals surface area contributed by atoms with Crippen LogP contribution in [0.5, 0.6) is 5.75 Å². The molecule has 0 aliphatic carbocycles. The number of ether oxygens (including phenoxy) is 1. The van der Waals surface area contributed by atoms with Gasteiger partial charge in [-0.25, -0.2) is 4.39 Å². The highest BCUT2D eigenvalue weighted by Crippen LogP contribution is 2.17. The Morgan fingerprint density at radius 1 is 1.53 bits per heavy atom. The van der Waals surface area contributed by atoms with E-state index in [2.05, 4.69) is 0 Å². The molecule has 92 valence electrons. The Morgan fingerprint density at radius 3 is 2.65 bits per heavy atom. The van der Waals surface area contributed by atoms with E-state index in [1.165, 1.54) is 12.1 Å². The van der Waals surface area contributed by atoms with Crippen molar-refractivity contribution in [2.24, 2.45) is 0 Å². The highest BCUT2D eigenvalue weighted by Gasteiger charge is 2.09. The van der Waals surface area contributed by atoms with E-state index >= 15 is 0 Å². The summed E-state index contributed by atoms with van der Waals surface area (Å²) in [5, 5.41) is 8.76. The van der Waals surface area contributed by atoms with Crippen LogP contribution in [0.15, 0.2) is 18.2 Å². The summed E-state index contributed by atoms with van der Waals surface area (Å²) in [5.74, 6) is -1.46. The molecule has 17 heavy (non-hydrogen) atoms. The molecule has 1 rings (SSSR count). The van der Waals surface area contributed by atoms with Gasteiger partial charge in [0.1, 0.15) is 11.6 Å². The van der Waals surface area contributed by atoms with Gasteiger partial charge < -0.3 is 14.7 Å². The van der Waals surface area contributed by atoms with Crippen molar-refractivity contribution in [3.8, 4) is 5.75 Å². The second kappa shape index (κ2) is 5.58. The first-order valence-corrected chi connectivity index (χ1v) is 5.20. The van der Waals surface area contributed by atoms with Crippen LogP contribution < -0.4 is 4.74 Å². The normalized spacial score (nSPS) is 9.82. The lowest BCUT2D eigenvalue weighted by atomic mass is 10.1. The van der Waals surface area contributed by atoms with Gasteiger partial charge in [0.05, 0.1) is 6.42 Å². The quantitative estimate of drug-likeness (QED) is 0.835. The van der Waals surface area contributed by atoms with Crippen LogP contribution in [0.4, 0.5) is 4.39 Å². The number of benzene rings is 1. The summed E-state index contributed by atoms with van der Waals surface area (Å²) >= 11 is 4.89. The fraction of sp³-hybridized carbons (Fsp3) is 0.273. The van der Waals surface area contributed by atoms with Crippen molar-refractivity contribution in [1.29, 1.82) is 0 Å². The summed E-state index contributed by atoms with van der Waals surface area (Å²) in [6, 6.07) is 3.97. The van der Waals surface area contributed by atoms with E-state index in [0.717, 1.165) is 6.07 Å². The number of aliphatic carboxylic acids is 1. The molecule has 0 aromatic heterocycles. The number of carbonyl (C=O) groups is 1. The molecule has 1 N–H and O–H groups in total. The zero-order valence-electron chi connectivity index (χ0n) is 9.44. The molecule has 0 spiro atoms. The second-order valence-electron chi connectivity index (χ2n) is 3.59. The monoisotopic (exact) mass is 257 g/mol. The van der Waals surface area contributed by atoms with Gasteiger partial charge in [0.25, 0.3) is 5.17 Å². The van der Waals surface area contributed by atoms with Crippen molar-refractivity contribution < 1.29 is 19.0 Å². The first-order chi connectivity index (χ1) is 7.90. The van der Waals surface area contributed by atoms with E-state index in [4.69, 9.17) is 22.1 Å². The topological polar surface area (TPSA) is 49.8 Å². The summed E-state index contributed by atoms with van der Waals surface area (Å²) in [5.41, 5.74) is 0.112. The van der Waals surface area contributed by atoms with Crippen LogP contribution in [0.2, 0.25) is 0 Å². The Bertz CT molecular complexity index is 448. The number of carboxylic acid groups (broad SMARTS) is 1. The third kappa shape index (κ3) is 3.99. The van der Waals surface area contributed by atoms with E-state index in [1.807, 2.05) is 0 Å².